The lowest BCUT2D eigenvalue weighted by Crippen LogP contribution is -2.31. The topological polar surface area (TPSA) is 0 Å². The van der Waals surface area contributed by atoms with Crippen LogP contribution >= 0.6 is 0 Å². The van der Waals surface area contributed by atoms with Crippen LogP contribution in [0.3, 0.4) is 0 Å². The number of benzene rings is 3. The van der Waals surface area contributed by atoms with E-state index in [1.807, 2.05) is 0 Å². The molecule has 0 bridgehead atoms. The molecular formula is C27H30. The molecule has 3 aromatic carbocycles. The van der Waals surface area contributed by atoms with Gasteiger partial charge in [-0.1, -0.05) is 118 Å². The van der Waals surface area contributed by atoms with Crippen LogP contribution in [0.15, 0.2) is 97.1 Å². The van der Waals surface area contributed by atoms with E-state index in [-0.39, 0.29) is 10.8 Å². The van der Waals surface area contributed by atoms with Crippen molar-refractivity contribution in [1.29, 1.82) is 0 Å². The smallest absolute Gasteiger partial charge is 0.0118 e. The lowest BCUT2D eigenvalue weighted by molar-refractivity contribution is 0.379. The molecule has 0 nitrogen and oxygen atoms in total. The SMILES string of the molecule is C/C(=C/C(C)(CC(C)(C)c1ccccc1)c1ccccc1)c1ccccc1. The highest BCUT2D eigenvalue weighted by Crippen LogP contribution is 2.41. The van der Waals surface area contributed by atoms with E-state index in [1.54, 1.807) is 0 Å². The Labute approximate surface area is 164 Å². The highest BCUT2D eigenvalue weighted by atomic mass is 14.4. The van der Waals surface area contributed by atoms with Crippen molar-refractivity contribution in [3.05, 3.63) is 114 Å². The average Bonchev–Trinajstić information content (AvgIpc) is 2.69. The standard InChI is InChI=1S/C27H30/c1-22(23-14-8-5-9-15-23)20-27(4,25-18-12-7-13-19-25)21-26(2,3)24-16-10-6-11-17-24/h5-20H,21H2,1-4H3/b22-20-. The van der Waals surface area contributed by atoms with Crippen LogP contribution in [0.1, 0.15) is 50.8 Å². The minimum Gasteiger partial charge on any atom is -0.0706 e. The second-order valence-electron chi connectivity index (χ2n) is 8.40. The molecule has 0 heteroatoms. The van der Waals surface area contributed by atoms with Crippen molar-refractivity contribution >= 4 is 5.57 Å². The summed E-state index contributed by atoms with van der Waals surface area (Å²) in [5, 5.41) is 0. The maximum absolute atomic E-state index is 2.46. The van der Waals surface area contributed by atoms with E-state index in [1.165, 1.54) is 22.3 Å². The molecule has 0 saturated carbocycles. The van der Waals surface area contributed by atoms with Gasteiger partial charge in [-0.2, -0.15) is 0 Å². The minimum atomic E-state index is -0.0550. The first kappa shape index (κ1) is 19.2. The van der Waals surface area contributed by atoms with Crippen LogP contribution in [0, 0.1) is 0 Å². The molecular weight excluding hydrogens is 324 g/mol. The van der Waals surface area contributed by atoms with Gasteiger partial charge in [0.2, 0.25) is 0 Å². The van der Waals surface area contributed by atoms with E-state index in [9.17, 15) is 0 Å². The minimum absolute atomic E-state index is 0.0550. The van der Waals surface area contributed by atoms with Crippen LogP contribution in [0.5, 0.6) is 0 Å². The molecule has 0 heterocycles. The van der Waals surface area contributed by atoms with Crippen molar-refractivity contribution in [3.8, 4) is 0 Å². The van der Waals surface area contributed by atoms with Gasteiger partial charge in [0.1, 0.15) is 0 Å². The van der Waals surface area contributed by atoms with Gasteiger partial charge in [-0.25, -0.2) is 0 Å². The van der Waals surface area contributed by atoms with Gasteiger partial charge in [0.05, 0.1) is 0 Å². The second kappa shape index (κ2) is 7.96. The largest absolute Gasteiger partial charge is 0.0706 e. The molecule has 0 saturated heterocycles. The Morgan fingerprint density at radius 2 is 1.11 bits per heavy atom. The molecule has 1 unspecified atom stereocenters. The zero-order valence-electron chi connectivity index (χ0n) is 16.9. The van der Waals surface area contributed by atoms with Crippen molar-refractivity contribution in [3.63, 3.8) is 0 Å². The third-order valence-electron chi connectivity index (χ3n) is 5.56. The summed E-state index contributed by atoms with van der Waals surface area (Å²) in [5.74, 6) is 0. The fourth-order valence-corrected chi connectivity index (χ4v) is 4.23. The second-order valence-corrected chi connectivity index (χ2v) is 8.40. The molecule has 1 atom stereocenters. The summed E-state index contributed by atoms with van der Waals surface area (Å²) in [7, 11) is 0. The van der Waals surface area contributed by atoms with Gasteiger partial charge >= 0.3 is 0 Å². The Kier molecular flexibility index (Phi) is 5.65. The maximum atomic E-state index is 2.46. The summed E-state index contributed by atoms with van der Waals surface area (Å²) in [4.78, 5) is 0. The quantitative estimate of drug-likeness (QED) is 0.432. The fourth-order valence-electron chi connectivity index (χ4n) is 4.23. The van der Waals surface area contributed by atoms with Gasteiger partial charge in [-0.05, 0) is 41.0 Å². The lowest BCUT2D eigenvalue weighted by atomic mass is 9.67. The van der Waals surface area contributed by atoms with Gasteiger partial charge < -0.3 is 0 Å². The van der Waals surface area contributed by atoms with Crippen molar-refractivity contribution in [1.82, 2.24) is 0 Å². The summed E-state index contributed by atoms with van der Waals surface area (Å²) >= 11 is 0. The highest BCUT2D eigenvalue weighted by Gasteiger charge is 2.33. The lowest BCUT2D eigenvalue weighted by Gasteiger charge is -2.37. The zero-order chi connectivity index (χ0) is 19.3. The van der Waals surface area contributed by atoms with Crippen LogP contribution in [0.2, 0.25) is 0 Å². The van der Waals surface area contributed by atoms with E-state index in [0.29, 0.717) is 0 Å². The molecule has 138 valence electrons. The fraction of sp³-hybridized carbons (Fsp3) is 0.259. The molecule has 0 spiro atoms. The summed E-state index contributed by atoms with van der Waals surface area (Å²) in [6, 6.07) is 32.5. The van der Waals surface area contributed by atoms with E-state index >= 15 is 0 Å². The maximum Gasteiger partial charge on any atom is 0.0118 e. The van der Waals surface area contributed by atoms with E-state index in [4.69, 9.17) is 0 Å². The normalized spacial score (nSPS) is 14.6. The highest BCUT2D eigenvalue weighted by molar-refractivity contribution is 5.65. The molecule has 0 aromatic heterocycles. The first-order valence-corrected chi connectivity index (χ1v) is 9.77. The molecule has 0 aliphatic rings. The molecule has 27 heavy (non-hydrogen) atoms. The molecule has 0 aliphatic carbocycles. The molecule has 3 aromatic rings. The Bertz CT molecular complexity index is 873. The first-order valence-electron chi connectivity index (χ1n) is 9.77. The molecule has 0 aliphatic heterocycles. The Hall–Kier alpha value is -2.60. The van der Waals surface area contributed by atoms with E-state index in [0.717, 1.165) is 6.42 Å². The van der Waals surface area contributed by atoms with Gasteiger partial charge in [0, 0.05) is 5.41 Å². The van der Waals surface area contributed by atoms with E-state index < -0.39 is 0 Å². The van der Waals surface area contributed by atoms with Crippen LogP contribution in [0.4, 0.5) is 0 Å². The zero-order valence-corrected chi connectivity index (χ0v) is 16.9. The van der Waals surface area contributed by atoms with E-state index in [2.05, 4.69) is 125 Å². The number of hydrogen-bond donors (Lipinski definition) is 0. The average molecular weight is 355 g/mol. The number of rotatable bonds is 6. The first-order chi connectivity index (χ1) is 12.9. The summed E-state index contributed by atoms with van der Waals surface area (Å²) in [5.41, 5.74) is 5.38. The third-order valence-corrected chi connectivity index (χ3v) is 5.56. The molecule has 0 radical (unpaired) electrons. The van der Waals surface area contributed by atoms with Crippen LogP contribution in [-0.4, -0.2) is 0 Å². The Morgan fingerprint density at radius 3 is 1.63 bits per heavy atom. The summed E-state index contributed by atoms with van der Waals surface area (Å²) < 4.78 is 0. The monoisotopic (exact) mass is 354 g/mol. The van der Waals surface area contributed by atoms with Crippen LogP contribution in [0.25, 0.3) is 5.57 Å². The van der Waals surface area contributed by atoms with Crippen molar-refractivity contribution in [2.24, 2.45) is 0 Å². The predicted molar refractivity (Wildman–Crippen MR) is 118 cm³/mol. The van der Waals surface area contributed by atoms with Crippen molar-refractivity contribution < 1.29 is 0 Å². The van der Waals surface area contributed by atoms with Gasteiger partial charge in [-0.3, -0.25) is 0 Å². The van der Waals surface area contributed by atoms with Crippen LogP contribution in [-0.2, 0) is 10.8 Å². The Morgan fingerprint density at radius 1 is 0.667 bits per heavy atom. The van der Waals surface area contributed by atoms with Gasteiger partial charge in [-0.15, -0.1) is 0 Å². The number of allylic oxidation sites excluding steroid dienone is 2. The Balaban J connectivity index is 2.04. The molecule has 0 amide bonds. The van der Waals surface area contributed by atoms with Gasteiger partial charge in [0.15, 0.2) is 0 Å². The molecule has 0 fully saturated rings. The molecule has 3 rings (SSSR count). The van der Waals surface area contributed by atoms with Crippen LogP contribution < -0.4 is 0 Å². The van der Waals surface area contributed by atoms with Crippen molar-refractivity contribution in [2.45, 2.75) is 44.9 Å². The predicted octanol–water partition coefficient (Wildman–Crippen LogP) is 7.42. The summed E-state index contributed by atoms with van der Waals surface area (Å²) in [6.45, 7) is 9.32. The molecule has 0 N–H and O–H groups in total. The third kappa shape index (κ3) is 4.57. The van der Waals surface area contributed by atoms with Gasteiger partial charge in [0.25, 0.3) is 0 Å². The van der Waals surface area contributed by atoms with Crippen molar-refractivity contribution in [2.75, 3.05) is 0 Å². The number of hydrogen-bond acceptors (Lipinski definition) is 0. The summed E-state index contributed by atoms with van der Waals surface area (Å²) in [6.07, 6.45) is 3.50.